The lowest BCUT2D eigenvalue weighted by atomic mass is 10.1. The fraction of sp³-hybridized carbons (Fsp3) is 0.444. The van der Waals surface area contributed by atoms with Crippen molar-refractivity contribution in [1.82, 2.24) is 18.7 Å². The third-order valence-electron chi connectivity index (χ3n) is 7.10. The minimum atomic E-state index is -0.650. The highest BCUT2D eigenvalue weighted by Crippen LogP contribution is 2.31. The van der Waals surface area contributed by atoms with Crippen molar-refractivity contribution in [1.29, 1.82) is 0 Å². The number of anilines is 2. The summed E-state index contributed by atoms with van der Waals surface area (Å²) in [5.74, 6) is 5.74. The predicted octanol–water partition coefficient (Wildman–Crippen LogP) is 1.08. The van der Waals surface area contributed by atoms with Crippen LogP contribution in [-0.2, 0) is 24.9 Å². The van der Waals surface area contributed by atoms with E-state index in [9.17, 15) is 19.2 Å². The number of carbonyl (C=O) groups excluding carboxylic acids is 2. The Morgan fingerprint density at radius 3 is 2.63 bits per heavy atom. The molecule has 198 valence electrons. The number of nitrogens with zero attached hydrogens (tertiary/aromatic N) is 5. The molecule has 3 heterocycles. The molecule has 2 fully saturated rings. The van der Waals surface area contributed by atoms with E-state index < -0.39 is 23.6 Å². The highest BCUT2D eigenvalue weighted by Gasteiger charge is 2.31. The Hall–Kier alpha value is -4.17. The smallest absolute Gasteiger partial charge is 0.332 e. The lowest BCUT2D eigenvalue weighted by molar-refractivity contribution is -0.117. The second-order valence-electron chi connectivity index (χ2n) is 9.91. The molecule has 0 spiro atoms. The molecule has 0 unspecified atom stereocenters. The van der Waals surface area contributed by atoms with E-state index >= 15 is 0 Å². The first-order valence-electron chi connectivity index (χ1n) is 12.8. The maximum atomic E-state index is 13.7. The number of rotatable bonds is 7. The molecule has 1 aliphatic carbocycles. The van der Waals surface area contributed by atoms with Gasteiger partial charge in [0, 0.05) is 37.7 Å². The van der Waals surface area contributed by atoms with Crippen molar-refractivity contribution in [2.75, 3.05) is 23.3 Å². The zero-order valence-electron chi connectivity index (χ0n) is 21.6. The number of nitrogens with two attached hydrogens (primary N) is 1. The lowest BCUT2D eigenvalue weighted by Gasteiger charge is -2.31. The summed E-state index contributed by atoms with van der Waals surface area (Å²) in [7, 11) is 1.53. The van der Waals surface area contributed by atoms with Crippen LogP contribution in [0.4, 0.5) is 11.6 Å². The summed E-state index contributed by atoms with van der Waals surface area (Å²) in [6.07, 6.45) is 3.45. The number of aromatic nitrogens is 4. The van der Waals surface area contributed by atoms with Crippen LogP contribution >= 0.6 is 0 Å². The quantitative estimate of drug-likeness (QED) is 0.353. The van der Waals surface area contributed by atoms with Gasteiger partial charge < -0.3 is 16.0 Å². The molecule has 1 aliphatic heterocycles. The minimum absolute atomic E-state index is 0.0205. The number of ketones is 1. The molecule has 2 aliphatic rings. The van der Waals surface area contributed by atoms with E-state index in [2.05, 4.69) is 22.1 Å². The van der Waals surface area contributed by atoms with Gasteiger partial charge in [0.1, 0.15) is 0 Å². The van der Waals surface area contributed by atoms with Crippen molar-refractivity contribution in [3.05, 3.63) is 50.7 Å². The first kappa shape index (κ1) is 25.5. The van der Waals surface area contributed by atoms with Crippen LogP contribution in [0.25, 0.3) is 11.2 Å². The molecule has 0 bridgehead atoms. The average Bonchev–Trinajstić information content (AvgIpc) is 3.69. The average molecular weight is 518 g/mol. The molecule has 1 aromatic carbocycles. The van der Waals surface area contributed by atoms with Crippen molar-refractivity contribution in [2.45, 2.75) is 51.7 Å². The highest BCUT2D eigenvalue weighted by atomic mass is 16.2. The van der Waals surface area contributed by atoms with Crippen LogP contribution < -0.4 is 27.2 Å². The number of Topliss-reactive ketones (excluding diaryl/α,β-unsaturated/α-hetero) is 1. The standard InChI is InChI=1S/C27H31N7O4/c1-3-4-14-33-22-23(30-26(33)32-13-7-8-18(28)15-32)31(2)27(38)34(25(22)37)16-21(35)19-9-5-6-10-20(19)29-24(36)17-11-12-17/h5-6,9-10,17-18H,7-8,11-16,28H2,1-2H3,(H,29,36)/t18-/m1/s1. The summed E-state index contributed by atoms with van der Waals surface area (Å²) in [6.45, 7) is 2.73. The second kappa shape index (κ2) is 10.3. The highest BCUT2D eigenvalue weighted by molar-refractivity contribution is 6.05. The number of para-hydroxylation sites is 1. The number of amides is 1. The van der Waals surface area contributed by atoms with E-state index in [0.717, 1.165) is 36.8 Å². The maximum Gasteiger partial charge on any atom is 0.332 e. The monoisotopic (exact) mass is 517 g/mol. The molecular weight excluding hydrogens is 486 g/mol. The summed E-state index contributed by atoms with van der Waals surface area (Å²) < 4.78 is 3.91. The fourth-order valence-corrected chi connectivity index (χ4v) is 4.88. The third kappa shape index (κ3) is 4.75. The van der Waals surface area contributed by atoms with Crippen molar-refractivity contribution in [2.24, 2.45) is 18.7 Å². The predicted molar refractivity (Wildman–Crippen MR) is 144 cm³/mol. The van der Waals surface area contributed by atoms with Crippen molar-refractivity contribution in [3.8, 4) is 11.8 Å². The largest absolute Gasteiger partial charge is 0.341 e. The Balaban J connectivity index is 1.57. The van der Waals surface area contributed by atoms with E-state index in [0.29, 0.717) is 18.2 Å². The summed E-state index contributed by atoms with van der Waals surface area (Å²) in [6, 6.07) is 6.60. The van der Waals surface area contributed by atoms with E-state index in [1.54, 1.807) is 35.8 Å². The molecule has 1 saturated carbocycles. The van der Waals surface area contributed by atoms with Crippen LogP contribution in [-0.4, -0.2) is 49.5 Å². The fourth-order valence-electron chi connectivity index (χ4n) is 4.88. The molecule has 2 aromatic heterocycles. The summed E-state index contributed by atoms with van der Waals surface area (Å²) in [5.41, 5.74) is 5.97. The molecule has 3 N–H and O–H groups in total. The molecule has 5 rings (SSSR count). The molecule has 1 amide bonds. The van der Waals surface area contributed by atoms with E-state index in [1.165, 1.54) is 11.6 Å². The number of piperidine rings is 1. The van der Waals surface area contributed by atoms with Crippen molar-refractivity contribution in [3.63, 3.8) is 0 Å². The van der Waals surface area contributed by atoms with Crippen LogP contribution in [0.5, 0.6) is 0 Å². The van der Waals surface area contributed by atoms with Crippen LogP contribution in [0.15, 0.2) is 33.9 Å². The van der Waals surface area contributed by atoms with Gasteiger partial charge in [0.2, 0.25) is 11.9 Å². The number of hydrogen-bond acceptors (Lipinski definition) is 7. The zero-order chi connectivity index (χ0) is 27.0. The molecule has 38 heavy (non-hydrogen) atoms. The topological polar surface area (TPSA) is 137 Å². The molecule has 0 radical (unpaired) electrons. The third-order valence-corrected chi connectivity index (χ3v) is 7.10. The van der Waals surface area contributed by atoms with Crippen LogP contribution in [0, 0.1) is 17.8 Å². The summed E-state index contributed by atoms with van der Waals surface area (Å²) in [4.78, 5) is 59.4. The van der Waals surface area contributed by atoms with Gasteiger partial charge in [0.15, 0.2) is 16.9 Å². The van der Waals surface area contributed by atoms with Gasteiger partial charge in [-0.05, 0) is 44.7 Å². The van der Waals surface area contributed by atoms with Gasteiger partial charge in [-0.25, -0.2) is 4.79 Å². The number of carbonyl (C=O) groups is 2. The molecule has 11 nitrogen and oxygen atoms in total. The molecule has 1 saturated heterocycles. The van der Waals surface area contributed by atoms with E-state index in [4.69, 9.17) is 5.73 Å². The number of aryl methyl sites for hydroxylation is 1. The normalized spacial score (nSPS) is 17.2. The van der Waals surface area contributed by atoms with Crippen LogP contribution in [0.1, 0.15) is 43.0 Å². The van der Waals surface area contributed by atoms with Gasteiger partial charge in [-0.2, -0.15) is 4.98 Å². The van der Waals surface area contributed by atoms with Gasteiger partial charge in [-0.1, -0.05) is 18.1 Å². The molecule has 1 atom stereocenters. The van der Waals surface area contributed by atoms with Crippen molar-refractivity contribution < 1.29 is 9.59 Å². The van der Waals surface area contributed by atoms with Crippen molar-refractivity contribution >= 4 is 34.5 Å². The van der Waals surface area contributed by atoms with Gasteiger partial charge in [-0.15, -0.1) is 5.92 Å². The Morgan fingerprint density at radius 2 is 1.92 bits per heavy atom. The van der Waals surface area contributed by atoms with Gasteiger partial charge in [-0.3, -0.25) is 28.1 Å². The Labute approximate surface area is 219 Å². The molecule has 3 aromatic rings. The first-order valence-corrected chi connectivity index (χ1v) is 12.8. The molecule has 11 heteroatoms. The SMILES string of the molecule is CC#CCn1c(N2CCC[C@@H](N)C2)nc2c1c(=O)n(CC(=O)c1ccccc1NC(=O)C1CC1)c(=O)n2C. The number of nitrogens with one attached hydrogen (secondary N) is 1. The van der Waals surface area contributed by atoms with Gasteiger partial charge >= 0.3 is 5.69 Å². The Bertz CT molecular complexity index is 1600. The Morgan fingerprint density at radius 1 is 1.16 bits per heavy atom. The first-order chi connectivity index (χ1) is 18.3. The minimum Gasteiger partial charge on any atom is -0.341 e. The second-order valence-corrected chi connectivity index (χ2v) is 9.91. The Kier molecular flexibility index (Phi) is 6.91. The summed E-state index contributed by atoms with van der Waals surface area (Å²) >= 11 is 0. The lowest BCUT2D eigenvalue weighted by Crippen LogP contribution is -2.44. The number of benzene rings is 1. The van der Waals surface area contributed by atoms with Gasteiger partial charge in [0.05, 0.1) is 18.8 Å². The molecular formula is C27H31N7O4. The zero-order valence-corrected chi connectivity index (χ0v) is 21.6. The van der Waals surface area contributed by atoms with E-state index in [1.807, 2.05) is 4.90 Å². The van der Waals surface area contributed by atoms with Crippen LogP contribution in [0.3, 0.4) is 0 Å². The van der Waals surface area contributed by atoms with Gasteiger partial charge in [0.25, 0.3) is 5.56 Å². The number of imidazole rings is 1. The number of hydrogen-bond donors (Lipinski definition) is 2. The van der Waals surface area contributed by atoms with E-state index in [-0.39, 0.29) is 41.1 Å². The maximum absolute atomic E-state index is 13.7. The summed E-state index contributed by atoms with van der Waals surface area (Å²) in [5, 5.41) is 2.81. The van der Waals surface area contributed by atoms with Crippen LogP contribution in [0.2, 0.25) is 0 Å². The number of fused-ring (bicyclic) bond motifs is 1.